The second kappa shape index (κ2) is 5.20. The average molecular weight is 287 g/mol. The normalized spacial score (nSPS) is 15.8. The van der Waals surface area contributed by atoms with Gasteiger partial charge in [0.1, 0.15) is 11.2 Å². The van der Waals surface area contributed by atoms with E-state index in [1.54, 1.807) is 0 Å². The monoisotopic (exact) mass is 287 g/mol. The van der Waals surface area contributed by atoms with Crippen LogP contribution in [0.3, 0.4) is 0 Å². The van der Waals surface area contributed by atoms with Gasteiger partial charge < -0.3 is 15.4 Å². The number of para-hydroxylation sites is 2. The van der Waals surface area contributed by atoms with Gasteiger partial charge in [0.05, 0.1) is 11.0 Å². The molecule has 6 heteroatoms. The number of carbonyl (C=O) groups excluding carboxylic acids is 1. The first-order valence-electron chi connectivity index (χ1n) is 7.07. The van der Waals surface area contributed by atoms with Crippen LogP contribution in [-0.2, 0) is 16.0 Å². The van der Waals surface area contributed by atoms with E-state index in [1.807, 2.05) is 24.3 Å². The van der Waals surface area contributed by atoms with Crippen LogP contribution in [0.1, 0.15) is 25.1 Å². The van der Waals surface area contributed by atoms with E-state index in [2.05, 4.69) is 15.3 Å². The van der Waals surface area contributed by atoms with Crippen LogP contribution >= 0.6 is 0 Å². The Labute approximate surface area is 121 Å². The Hall–Kier alpha value is -2.37. The highest BCUT2D eigenvalue weighted by Crippen LogP contribution is 2.46. The van der Waals surface area contributed by atoms with Crippen molar-refractivity contribution in [3.63, 3.8) is 0 Å². The summed E-state index contributed by atoms with van der Waals surface area (Å²) in [6.07, 6.45) is 2.33. The number of aromatic nitrogens is 2. The number of aliphatic carboxylic acids is 1. The summed E-state index contributed by atoms with van der Waals surface area (Å²) in [5.74, 6) is -0.498. The number of carbonyl (C=O) groups is 2. The number of aryl methyl sites for hydroxylation is 1. The molecular formula is C15H17N3O3. The lowest BCUT2D eigenvalue weighted by molar-refractivity contribution is -0.149. The van der Waals surface area contributed by atoms with Gasteiger partial charge in [0.15, 0.2) is 0 Å². The number of rotatable bonds is 6. The minimum Gasteiger partial charge on any atom is -0.480 e. The molecule has 1 aromatic carbocycles. The van der Waals surface area contributed by atoms with E-state index in [0.29, 0.717) is 19.4 Å². The average Bonchev–Trinajstić information content (AvgIpc) is 3.18. The van der Waals surface area contributed by atoms with E-state index in [1.165, 1.54) is 0 Å². The summed E-state index contributed by atoms with van der Waals surface area (Å²) in [6.45, 7) is 0.463. The number of carboxylic acid groups (broad SMARTS) is 1. The molecule has 1 amide bonds. The lowest BCUT2D eigenvalue weighted by Crippen LogP contribution is -2.37. The number of imidazole rings is 1. The zero-order valence-corrected chi connectivity index (χ0v) is 11.6. The third-order valence-electron chi connectivity index (χ3n) is 3.91. The van der Waals surface area contributed by atoms with Crippen LogP contribution in [-0.4, -0.2) is 33.5 Å². The van der Waals surface area contributed by atoms with Crippen molar-refractivity contribution in [2.75, 3.05) is 6.54 Å². The molecule has 1 fully saturated rings. The summed E-state index contributed by atoms with van der Waals surface area (Å²) in [7, 11) is 0. The molecule has 0 unspecified atom stereocenters. The fourth-order valence-electron chi connectivity index (χ4n) is 2.41. The second-order valence-electron chi connectivity index (χ2n) is 5.45. The van der Waals surface area contributed by atoms with E-state index >= 15 is 0 Å². The third kappa shape index (κ3) is 2.61. The fourth-order valence-corrected chi connectivity index (χ4v) is 2.41. The molecule has 0 radical (unpaired) electrons. The Bertz CT molecular complexity index is 655. The number of carboxylic acids is 1. The highest BCUT2D eigenvalue weighted by atomic mass is 16.4. The van der Waals surface area contributed by atoms with Crippen LogP contribution in [0.2, 0.25) is 0 Å². The second-order valence-corrected chi connectivity index (χ2v) is 5.45. The quantitative estimate of drug-likeness (QED) is 0.554. The van der Waals surface area contributed by atoms with Crippen LogP contribution in [0.15, 0.2) is 24.3 Å². The maximum absolute atomic E-state index is 11.8. The number of benzene rings is 1. The predicted molar refractivity (Wildman–Crippen MR) is 76.7 cm³/mol. The van der Waals surface area contributed by atoms with Crippen LogP contribution < -0.4 is 5.32 Å². The maximum Gasteiger partial charge on any atom is 0.319 e. The van der Waals surface area contributed by atoms with Gasteiger partial charge in [-0.3, -0.25) is 9.59 Å². The van der Waals surface area contributed by atoms with Crippen molar-refractivity contribution in [3.05, 3.63) is 30.1 Å². The number of amides is 1. The number of hydrogen-bond acceptors (Lipinski definition) is 3. The van der Waals surface area contributed by atoms with E-state index in [9.17, 15) is 9.59 Å². The molecule has 6 nitrogen and oxygen atoms in total. The third-order valence-corrected chi connectivity index (χ3v) is 3.91. The van der Waals surface area contributed by atoms with Gasteiger partial charge in [-0.1, -0.05) is 12.1 Å². The number of fused-ring (bicyclic) bond motifs is 1. The minimum absolute atomic E-state index is 0.361. The van der Waals surface area contributed by atoms with Crippen LogP contribution in [0.25, 0.3) is 11.0 Å². The zero-order chi connectivity index (χ0) is 14.9. The molecule has 1 heterocycles. The van der Waals surface area contributed by atoms with Crippen molar-refractivity contribution in [1.29, 1.82) is 0 Å². The zero-order valence-electron chi connectivity index (χ0n) is 11.6. The Kier molecular flexibility index (Phi) is 3.37. The van der Waals surface area contributed by atoms with E-state index < -0.39 is 11.4 Å². The van der Waals surface area contributed by atoms with Gasteiger partial charge in [-0.15, -0.1) is 0 Å². The van der Waals surface area contributed by atoms with Gasteiger partial charge in [0, 0.05) is 13.0 Å². The molecule has 1 saturated carbocycles. The molecule has 3 rings (SSSR count). The number of aromatic amines is 1. The molecule has 21 heavy (non-hydrogen) atoms. The predicted octanol–water partition coefficient (Wildman–Crippen LogP) is 1.48. The van der Waals surface area contributed by atoms with Crippen molar-refractivity contribution in [3.8, 4) is 0 Å². The highest BCUT2D eigenvalue weighted by Gasteiger charge is 2.56. The molecule has 1 aliphatic carbocycles. The number of nitrogens with one attached hydrogen (secondary N) is 2. The number of H-pyrrole nitrogens is 1. The molecule has 0 saturated heterocycles. The summed E-state index contributed by atoms with van der Waals surface area (Å²) in [5.41, 5.74) is 0.776. The first-order valence-corrected chi connectivity index (χ1v) is 7.07. The lowest BCUT2D eigenvalue weighted by atomic mass is 10.1. The van der Waals surface area contributed by atoms with E-state index in [0.717, 1.165) is 29.7 Å². The van der Waals surface area contributed by atoms with Crippen molar-refractivity contribution in [1.82, 2.24) is 15.3 Å². The van der Waals surface area contributed by atoms with Crippen molar-refractivity contribution < 1.29 is 14.7 Å². The maximum atomic E-state index is 11.8. The van der Waals surface area contributed by atoms with Crippen LogP contribution in [0.5, 0.6) is 0 Å². The first-order chi connectivity index (χ1) is 10.1. The molecule has 2 aromatic rings. The van der Waals surface area contributed by atoms with Crippen LogP contribution in [0, 0.1) is 5.41 Å². The smallest absolute Gasteiger partial charge is 0.319 e. The molecular weight excluding hydrogens is 270 g/mol. The van der Waals surface area contributed by atoms with Crippen molar-refractivity contribution in [2.24, 2.45) is 5.41 Å². The topological polar surface area (TPSA) is 95.1 Å². The summed E-state index contributed by atoms with van der Waals surface area (Å²) in [4.78, 5) is 30.5. The lowest BCUT2D eigenvalue weighted by Gasteiger charge is -2.10. The van der Waals surface area contributed by atoms with Gasteiger partial charge >= 0.3 is 5.97 Å². The summed E-state index contributed by atoms with van der Waals surface area (Å²) >= 11 is 0. The first kappa shape index (κ1) is 13.6. The molecule has 0 aliphatic heterocycles. The molecule has 1 aliphatic rings. The Balaban J connectivity index is 1.48. The highest BCUT2D eigenvalue weighted by molar-refractivity contribution is 6.04. The van der Waals surface area contributed by atoms with Gasteiger partial charge in [0.2, 0.25) is 5.91 Å². The molecule has 110 valence electrons. The summed E-state index contributed by atoms with van der Waals surface area (Å²) in [5, 5.41) is 11.7. The largest absolute Gasteiger partial charge is 0.480 e. The standard InChI is InChI=1S/C15H17N3O3/c19-13(15(7-8-15)14(20)21)16-9-3-6-12-17-10-4-1-2-5-11(10)18-12/h1-2,4-5H,3,6-9H2,(H,16,19)(H,17,18)(H,20,21). The molecule has 3 N–H and O–H groups in total. The Morgan fingerprint density at radius 3 is 2.76 bits per heavy atom. The fraction of sp³-hybridized carbons (Fsp3) is 0.400. The van der Waals surface area contributed by atoms with Crippen molar-refractivity contribution in [2.45, 2.75) is 25.7 Å². The van der Waals surface area contributed by atoms with Crippen LogP contribution in [0.4, 0.5) is 0 Å². The van der Waals surface area contributed by atoms with Crippen molar-refractivity contribution >= 4 is 22.9 Å². The van der Waals surface area contributed by atoms with Gasteiger partial charge in [-0.25, -0.2) is 4.98 Å². The molecule has 1 aromatic heterocycles. The van der Waals surface area contributed by atoms with E-state index in [-0.39, 0.29) is 5.91 Å². The Morgan fingerprint density at radius 1 is 1.33 bits per heavy atom. The number of hydrogen-bond donors (Lipinski definition) is 3. The van der Waals surface area contributed by atoms with Gasteiger partial charge in [-0.05, 0) is 31.4 Å². The minimum atomic E-state index is -1.15. The van der Waals surface area contributed by atoms with E-state index in [4.69, 9.17) is 5.11 Å². The SMILES string of the molecule is O=C(O)C1(C(=O)NCCCc2nc3ccccc3[nH]2)CC1. The summed E-state index contributed by atoms with van der Waals surface area (Å²) in [6, 6.07) is 7.80. The van der Waals surface area contributed by atoms with Gasteiger partial charge in [-0.2, -0.15) is 0 Å². The molecule has 0 spiro atoms. The van der Waals surface area contributed by atoms with Gasteiger partial charge in [0.25, 0.3) is 0 Å². The number of nitrogens with zero attached hydrogens (tertiary/aromatic N) is 1. The Morgan fingerprint density at radius 2 is 2.10 bits per heavy atom. The molecule has 0 bridgehead atoms. The molecule has 0 atom stereocenters. The summed E-state index contributed by atoms with van der Waals surface area (Å²) < 4.78 is 0.